The summed E-state index contributed by atoms with van der Waals surface area (Å²) in [5, 5.41) is 0. The normalized spacial score (nSPS) is 24.2. The van der Waals surface area contributed by atoms with Gasteiger partial charge >= 0.3 is 6.09 Å². The van der Waals surface area contributed by atoms with Gasteiger partial charge in [0, 0.05) is 6.20 Å². The van der Waals surface area contributed by atoms with E-state index in [0.29, 0.717) is 12.5 Å². The van der Waals surface area contributed by atoms with E-state index in [9.17, 15) is 4.79 Å². The molecule has 5 heteroatoms. The molecular weight excluding hydrogens is 352 g/mol. The summed E-state index contributed by atoms with van der Waals surface area (Å²) in [7, 11) is 0. The van der Waals surface area contributed by atoms with Crippen molar-refractivity contribution in [3.63, 3.8) is 0 Å². The molecule has 0 N–H and O–H groups in total. The van der Waals surface area contributed by atoms with Crippen LogP contribution in [-0.4, -0.2) is 28.3 Å². The van der Waals surface area contributed by atoms with Gasteiger partial charge in [0.1, 0.15) is 0 Å². The Labute approximate surface area is 166 Å². The van der Waals surface area contributed by atoms with E-state index >= 15 is 0 Å². The molecular formula is C23H28N2O3. The van der Waals surface area contributed by atoms with Crippen molar-refractivity contribution in [1.29, 1.82) is 0 Å². The summed E-state index contributed by atoms with van der Waals surface area (Å²) in [5.74, 6) is 0.535. The molecule has 3 atom stereocenters. The molecule has 1 amide bonds. The Morgan fingerprint density at radius 2 is 1.86 bits per heavy atom. The Bertz CT molecular complexity index is 762. The van der Waals surface area contributed by atoms with Crippen LogP contribution in [0.25, 0.3) is 0 Å². The Morgan fingerprint density at radius 1 is 1.11 bits per heavy atom. The number of hydrogen-bond donors (Lipinski definition) is 0. The highest BCUT2D eigenvalue weighted by Crippen LogP contribution is 2.36. The molecule has 1 saturated heterocycles. The Morgan fingerprint density at radius 3 is 2.57 bits per heavy atom. The first-order valence-corrected chi connectivity index (χ1v) is 10.3. The smallest absolute Gasteiger partial charge is 0.413 e. The quantitative estimate of drug-likeness (QED) is 0.701. The number of cyclic esters (lactones) is 1. The largest absolute Gasteiger partial charge is 0.435 e. The summed E-state index contributed by atoms with van der Waals surface area (Å²) in [6, 6.07) is 15.6. The Kier molecular flexibility index (Phi) is 5.91. The summed E-state index contributed by atoms with van der Waals surface area (Å²) in [6.45, 7) is 2.60. The minimum atomic E-state index is -0.511. The zero-order chi connectivity index (χ0) is 19.3. The lowest BCUT2D eigenvalue weighted by Gasteiger charge is -2.33. The van der Waals surface area contributed by atoms with Crippen LogP contribution < -0.4 is 0 Å². The molecule has 148 valence electrons. The van der Waals surface area contributed by atoms with Crippen molar-refractivity contribution in [2.45, 2.75) is 64.0 Å². The first kappa shape index (κ1) is 18.9. The minimum absolute atomic E-state index is 0.0734. The average Bonchev–Trinajstić information content (AvgIpc) is 3.05. The van der Waals surface area contributed by atoms with Crippen molar-refractivity contribution in [1.82, 2.24) is 9.88 Å². The maximum atomic E-state index is 12.7. The van der Waals surface area contributed by atoms with E-state index in [4.69, 9.17) is 9.47 Å². The molecule has 1 aromatic carbocycles. The second-order valence-electron chi connectivity index (χ2n) is 7.80. The Hall–Kier alpha value is -2.40. The fraction of sp³-hybridized carbons (Fsp3) is 0.478. The lowest BCUT2D eigenvalue weighted by molar-refractivity contribution is -0.113. The van der Waals surface area contributed by atoms with Gasteiger partial charge in [-0.15, -0.1) is 0 Å². The molecule has 3 unspecified atom stereocenters. The van der Waals surface area contributed by atoms with Crippen LogP contribution in [0.15, 0.2) is 54.7 Å². The number of ether oxygens (including phenoxy) is 2. The molecule has 2 heterocycles. The SMILES string of the molecule is CC(OC1C(c2ccccn2)OC(=O)N1Cc1ccccc1)C1CCCCC1. The first-order valence-electron chi connectivity index (χ1n) is 10.3. The molecule has 0 bridgehead atoms. The molecule has 1 aliphatic carbocycles. The second kappa shape index (κ2) is 8.74. The van der Waals surface area contributed by atoms with Crippen molar-refractivity contribution in [2.75, 3.05) is 0 Å². The third-order valence-electron chi connectivity index (χ3n) is 5.87. The van der Waals surface area contributed by atoms with Crippen LogP contribution in [-0.2, 0) is 16.0 Å². The van der Waals surface area contributed by atoms with Gasteiger partial charge in [0.15, 0.2) is 12.3 Å². The number of amides is 1. The summed E-state index contributed by atoms with van der Waals surface area (Å²) < 4.78 is 12.2. The zero-order valence-corrected chi connectivity index (χ0v) is 16.4. The van der Waals surface area contributed by atoms with E-state index in [1.807, 2.05) is 48.5 Å². The van der Waals surface area contributed by atoms with Gasteiger partial charge in [-0.3, -0.25) is 9.88 Å². The summed E-state index contributed by atoms with van der Waals surface area (Å²) in [4.78, 5) is 18.9. The molecule has 1 aliphatic heterocycles. The fourth-order valence-corrected chi connectivity index (χ4v) is 4.27. The van der Waals surface area contributed by atoms with Crippen LogP contribution >= 0.6 is 0 Å². The van der Waals surface area contributed by atoms with Crippen LogP contribution in [0.2, 0.25) is 0 Å². The van der Waals surface area contributed by atoms with Crippen molar-refractivity contribution >= 4 is 6.09 Å². The monoisotopic (exact) mass is 380 g/mol. The lowest BCUT2D eigenvalue weighted by atomic mass is 9.86. The van der Waals surface area contributed by atoms with E-state index in [1.165, 1.54) is 32.1 Å². The van der Waals surface area contributed by atoms with E-state index < -0.39 is 12.3 Å². The van der Waals surface area contributed by atoms with Crippen LogP contribution in [0.5, 0.6) is 0 Å². The van der Waals surface area contributed by atoms with Crippen molar-refractivity contribution < 1.29 is 14.3 Å². The van der Waals surface area contributed by atoms with Gasteiger partial charge in [-0.05, 0) is 43.4 Å². The molecule has 0 radical (unpaired) electrons. The third kappa shape index (κ3) is 4.20. The second-order valence-corrected chi connectivity index (χ2v) is 7.80. The molecule has 1 aromatic heterocycles. The van der Waals surface area contributed by atoms with Crippen molar-refractivity contribution in [3.05, 3.63) is 66.0 Å². The molecule has 28 heavy (non-hydrogen) atoms. The van der Waals surface area contributed by atoms with Gasteiger partial charge in [-0.1, -0.05) is 55.7 Å². The number of hydrogen-bond acceptors (Lipinski definition) is 4. The molecule has 2 aromatic rings. The number of pyridine rings is 1. The number of carbonyl (C=O) groups excluding carboxylic acids is 1. The number of aromatic nitrogens is 1. The molecule has 2 aliphatic rings. The highest BCUT2D eigenvalue weighted by atomic mass is 16.6. The average molecular weight is 380 g/mol. The van der Waals surface area contributed by atoms with E-state index in [0.717, 1.165) is 11.3 Å². The summed E-state index contributed by atoms with van der Waals surface area (Å²) in [5.41, 5.74) is 1.78. The summed E-state index contributed by atoms with van der Waals surface area (Å²) in [6.07, 6.45) is 6.68. The van der Waals surface area contributed by atoms with Crippen molar-refractivity contribution in [3.8, 4) is 0 Å². The maximum absolute atomic E-state index is 12.7. The molecule has 5 nitrogen and oxygen atoms in total. The first-order chi connectivity index (χ1) is 13.7. The molecule has 0 spiro atoms. The fourth-order valence-electron chi connectivity index (χ4n) is 4.27. The van der Waals surface area contributed by atoms with E-state index in [-0.39, 0.29) is 12.2 Å². The third-order valence-corrected chi connectivity index (χ3v) is 5.87. The van der Waals surface area contributed by atoms with E-state index in [1.54, 1.807) is 11.1 Å². The minimum Gasteiger partial charge on any atom is -0.435 e. The molecule has 2 fully saturated rings. The summed E-state index contributed by atoms with van der Waals surface area (Å²) >= 11 is 0. The Balaban J connectivity index is 1.57. The van der Waals surface area contributed by atoms with Crippen LogP contribution in [0.4, 0.5) is 4.79 Å². The number of rotatable bonds is 6. The molecule has 4 rings (SSSR count). The predicted molar refractivity (Wildman–Crippen MR) is 106 cm³/mol. The number of nitrogens with zero attached hydrogens (tertiary/aromatic N) is 2. The molecule has 1 saturated carbocycles. The van der Waals surface area contributed by atoms with Crippen LogP contribution in [0.3, 0.4) is 0 Å². The van der Waals surface area contributed by atoms with Gasteiger partial charge in [0.05, 0.1) is 18.3 Å². The maximum Gasteiger partial charge on any atom is 0.413 e. The predicted octanol–water partition coefficient (Wildman–Crippen LogP) is 5.09. The number of carbonyl (C=O) groups is 1. The van der Waals surface area contributed by atoms with Gasteiger partial charge in [0.25, 0.3) is 0 Å². The standard InChI is InChI=1S/C23H28N2O3/c1-17(19-12-6-3-7-13-19)27-22-21(20-14-8-9-15-24-20)28-23(26)25(22)16-18-10-4-2-5-11-18/h2,4-5,8-11,14-15,17,19,21-22H,3,6-7,12-13,16H2,1H3. The van der Waals surface area contributed by atoms with Gasteiger partial charge < -0.3 is 9.47 Å². The number of benzene rings is 1. The zero-order valence-electron chi connectivity index (χ0n) is 16.4. The lowest BCUT2D eigenvalue weighted by Crippen LogP contribution is -2.40. The van der Waals surface area contributed by atoms with Crippen LogP contribution in [0, 0.1) is 5.92 Å². The highest BCUT2D eigenvalue weighted by Gasteiger charge is 2.45. The van der Waals surface area contributed by atoms with Gasteiger partial charge in [-0.2, -0.15) is 0 Å². The highest BCUT2D eigenvalue weighted by molar-refractivity contribution is 5.70. The topological polar surface area (TPSA) is 51.7 Å². The van der Waals surface area contributed by atoms with E-state index in [2.05, 4.69) is 11.9 Å². The van der Waals surface area contributed by atoms with Gasteiger partial charge in [-0.25, -0.2) is 4.79 Å². The van der Waals surface area contributed by atoms with Crippen molar-refractivity contribution in [2.24, 2.45) is 5.92 Å². The van der Waals surface area contributed by atoms with Crippen LogP contribution in [0.1, 0.15) is 56.4 Å². The van der Waals surface area contributed by atoms with Gasteiger partial charge in [0.2, 0.25) is 0 Å².